The van der Waals surface area contributed by atoms with E-state index in [0.29, 0.717) is 27.7 Å². The van der Waals surface area contributed by atoms with Gasteiger partial charge in [0.2, 0.25) is 4.96 Å². The average Bonchev–Trinajstić information content (AvgIpc) is 3.23. The molecule has 0 spiro atoms. The van der Waals surface area contributed by atoms with Crippen LogP contribution in [0.5, 0.6) is 11.5 Å². The highest BCUT2D eigenvalue weighted by atomic mass is 32.1. The second-order valence-electron chi connectivity index (χ2n) is 5.72. The molecule has 0 atom stereocenters. The van der Waals surface area contributed by atoms with E-state index in [1.807, 2.05) is 61.5 Å². The summed E-state index contributed by atoms with van der Waals surface area (Å²) < 4.78 is 12.9. The summed E-state index contributed by atoms with van der Waals surface area (Å²) in [6.45, 7) is 2.49. The van der Waals surface area contributed by atoms with E-state index in [9.17, 15) is 4.79 Å². The molecule has 4 rings (SSSR count). The van der Waals surface area contributed by atoms with Crippen LogP contribution in [0.1, 0.15) is 12.5 Å². The minimum atomic E-state index is -0.199. The van der Waals surface area contributed by atoms with Crippen LogP contribution in [0.15, 0.2) is 53.3 Å². The van der Waals surface area contributed by atoms with Crippen LogP contribution in [0, 0.1) is 0 Å². The quantitative estimate of drug-likeness (QED) is 0.533. The van der Waals surface area contributed by atoms with E-state index >= 15 is 0 Å². The third-order valence-corrected chi connectivity index (χ3v) is 4.99. The Bertz CT molecular complexity index is 1210. The lowest BCUT2D eigenvalue weighted by Gasteiger charge is -2.05. The first kappa shape index (κ1) is 17.2. The molecule has 0 saturated heterocycles. The summed E-state index contributed by atoms with van der Waals surface area (Å²) >= 11 is 1.30. The van der Waals surface area contributed by atoms with Crippen molar-refractivity contribution < 1.29 is 9.47 Å². The van der Waals surface area contributed by atoms with Gasteiger partial charge in [0.05, 0.1) is 23.8 Å². The van der Waals surface area contributed by atoms with Crippen LogP contribution in [-0.4, -0.2) is 28.3 Å². The van der Waals surface area contributed by atoms with Crippen molar-refractivity contribution in [2.24, 2.45) is 0 Å². The lowest BCUT2D eigenvalue weighted by molar-refractivity contribution is 0.339. The summed E-state index contributed by atoms with van der Waals surface area (Å²) in [6.07, 6.45) is 1.82. The van der Waals surface area contributed by atoms with Gasteiger partial charge in [-0.3, -0.25) is 4.79 Å². The molecule has 0 fully saturated rings. The molecule has 2 aromatic heterocycles. The molecule has 0 unspecified atom stereocenters. The van der Waals surface area contributed by atoms with E-state index < -0.39 is 0 Å². The molecule has 0 saturated carbocycles. The maximum Gasteiger partial charge on any atom is 0.291 e. The first-order valence-electron chi connectivity index (χ1n) is 8.47. The van der Waals surface area contributed by atoms with Crippen LogP contribution in [0.4, 0.5) is 0 Å². The van der Waals surface area contributed by atoms with E-state index in [4.69, 9.17) is 9.47 Å². The molecule has 2 heterocycles. The summed E-state index contributed by atoms with van der Waals surface area (Å²) in [5, 5.41) is 4.38. The number of benzene rings is 2. The van der Waals surface area contributed by atoms with Gasteiger partial charge in [0, 0.05) is 5.56 Å². The average molecular weight is 379 g/mol. The van der Waals surface area contributed by atoms with Crippen molar-refractivity contribution in [2.45, 2.75) is 6.92 Å². The zero-order valence-electron chi connectivity index (χ0n) is 14.9. The van der Waals surface area contributed by atoms with Gasteiger partial charge in [-0.05, 0) is 31.2 Å². The minimum Gasteiger partial charge on any atom is -0.496 e. The van der Waals surface area contributed by atoms with Crippen LogP contribution >= 0.6 is 11.3 Å². The molecule has 136 valence electrons. The number of methoxy groups -OCH3 is 1. The van der Waals surface area contributed by atoms with E-state index in [-0.39, 0.29) is 5.56 Å². The summed E-state index contributed by atoms with van der Waals surface area (Å²) in [5.74, 6) is 1.88. The van der Waals surface area contributed by atoms with Crippen LogP contribution in [-0.2, 0) is 0 Å². The van der Waals surface area contributed by atoms with Gasteiger partial charge < -0.3 is 9.47 Å². The fourth-order valence-electron chi connectivity index (χ4n) is 2.81. The van der Waals surface area contributed by atoms with Crippen molar-refractivity contribution in [1.29, 1.82) is 0 Å². The van der Waals surface area contributed by atoms with Crippen molar-refractivity contribution in [1.82, 2.24) is 14.6 Å². The summed E-state index contributed by atoms with van der Waals surface area (Å²) in [7, 11) is 1.60. The molecular formula is C20H17N3O3S. The second kappa shape index (κ2) is 7.20. The van der Waals surface area contributed by atoms with Crippen LogP contribution in [0.2, 0.25) is 0 Å². The van der Waals surface area contributed by atoms with Crippen LogP contribution in [0.3, 0.4) is 0 Å². The Hall–Kier alpha value is -3.19. The van der Waals surface area contributed by atoms with Crippen LogP contribution < -0.4 is 19.6 Å². The standard InChI is InChI=1S/C20H17N3O3S/c1-3-26-15-10-6-4-8-13(15)12-17-19(24)23-20(27-17)21-18(22-23)14-9-5-7-11-16(14)25-2/h4-12H,3H2,1-2H3/b17-12-. The van der Waals surface area contributed by atoms with Gasteiger partial charge in [-0.25, -0.2) is 0 Å². The van der Waals surface area contributed by atoms with Gasteiger partial charge >= 0.3 is 0 Å². The number of para-hydroxylation sites is 2. The predicted octanol–water partition coefficient (Wildman–Crippen LogP) is 2.77. The number of rotatable bonds is 5. The fraction of sp³-hybridized carbons (Fsp3) is 0.150. The highest BCUT2D eigenvalue weighted by Crippen LogP contribution is 2.27. The van der Waals surface area contributed by atoms with Gasteiger partial charge in [0.1, 0.15) is 11.5 Å². The van der Waals surface area contributed by atoms with Crippen LogP contribution in [0.25, 0.3) is 22.4 Å². The normalized spacial score (nSPS) is 11.9. The van der Waals surface area contributed by atoms with E-state index in [1.54, 1.807) is 7.11 Å². The molecule has 0 N–H and O–H groups in total. The molecule has 27 heavy (non-hydrogen) atoms. The highest BCUT2D eigenvalue weighted by molar-refractivity contribution is 7.15. The number of aromatic nitrogens is 3. The van der Waals surface area contributed by atoms with Crippen molar-refractivity contribution in [2.75, 3.05) is 13.7 Å². The lowest BCUT2D eigenvalue weighted by atomic mass is 10.2. The zero-order valence-corrected chi connectivity index (χ0v) is 15.7. The molecule has 0 aliphatic rings. The summed E-state index contributed by atoms with van der Waals surface area (Å²) in [5.41, 5.74) is 1.41. The number of thiazole rings is 1. The van der Waals surface area contributed by atoms with Crippen molar-refractivity contribution in [3.05, 3.63) is 69.0 Å². The topological polar surface area (TPSA) is 65.7 Å². The van der Waals surface area contributed by atoms with Gasteiger partial charge in [0.25, 0.3) is 5.56 Å². The Morgan fingerprint density at radius 2 is 1.85 bits per heavy atom. The first-order valence-corrected chi connectivity index (χ1v) is 9.29. The monoisotopic (exact) mass is 379 g/mol. The molecular weight excluding hydrogens is 362 g/mol. The Kier molecular flexibility index (Phi) is 4.60. The highest BCUT2D eigenvalue weighted by Gasteiger charge is 2.15. The number of fused-ring (bicyclic) bond motifs is 1. The maximum atomic E-state index is 12.8. The van der Waals surface area contributed by atoms with Gasteiger partial charge in [-0.15, -0.1) is 5.10 Å². The predicted molar refractivity (Wildman–Crippen MR) is 106 cm³/mol. The molecule has 0 aliphatic heterocycles. The Labute approximate surface area is 159 Å². The molecule has 7 heteroatoms. The Morgan fingerprint density at radius 1 is 1.11 bits per heavy atom. The molecule has 6 nitrogen and oxygen atoms in total. The minimum absolute atomic E-state index is 0.199. The SMILES string of the molecule is CCOc1ccccc1/C=c1\sc2nc(-c3ccccc3OC)nn2c1=O. The van der Waals surface area contributed by atoms with E-state index in [0.717, 1.165) is 16.9 Å². The molecule has 2 aromatic carbocycles. The molecule has 4 aromatic rings. The Morgan fingerprint density at radius 3 is 2.59 bits per heavy atom. The van der Waals surface area contributed by atoms with Gasteiger partial charge in [-0.2, -0.15) is 9.50 Å². The smallest absolute Gasteiger partial charge is 0.291 e. The second-order valence-corrected chi connectivity index (χ2v) is 6.73. The summed E-state index contributed by atoms with van der Waals surface area (Å²) in [6, 6.07) is 15.1. The lowest BCUT2D eigenvalue weighted by Crippen LogP contribution is -2.23. The van der Waals surface area contributed by atoms with Gasteiger partial charge in [0.15, 0.2) is 5.82 Å². The first-order chi connectivity index (χ1) is 13.2. The number of nitrogens with zero attached hydrogens (tertiary/aromatic N) is 3. The molecule has 0 aliphatic carbocycles. The Balaban J connectivity index is 1.81. The molecule has 0 amide bonds. The van der Waals surface area contributed by atoms with Crippen molar-refractivity contribution in [3.8, 4) is 22.9 Å². The van der Waals surface area contributed by atoms with E-state index in [1.165, 1.54) is 15.9 Å². The maximum absolute atomic E-state index is 12.8. The summed E-state index contributed by atoms with van der Waals surface area (Å²) in [4.78, 5) is 17.8. The zero-order chi connectivity index (χ0) is 18.8. The number of hydrogen-bond acceptors (Lipinski definition) is 6. The van der Waals surface area contributed by atoms with Crippen molar-refractivity contribution >= 4 is 22.4 Å². The van der Waals surface area contributed by atoms with Gasteiger partial charge in [-0.1, -0.05) is 41.7 Å². The number of ether oxygens (including phenoxy) is 2. The largest absolute Gasteiger partial charge is 0.496 e. The van der Waals surface area contributed by atoms with E-state index in [2.05, 4.69) is 10.1 Å². The molecule has 0 radical (unpaired) electrons. The third kappa shape index (κ3) is 3.17. The third-order valence-electron chi connectivity index (χ3n) is 4.04. The fourth-order valence-corrected chi connectivity index (χ4v) is 3.70. The molecule has 0 bridgehead atoms. The van der Waals surface area contributed by atoms with Crippen molar-refractivity contribution in [3.63, 3.8) is 0 Å². The number of hydrogen-bond donors (Lipinski definition) is 0.